The molecular weight excluding hydrogens is 212 g/mol. The Morgan fingerprint density at radius 1 is 1.35 bits per heavy atom. The van der Waals surface area contributed by atoms with Gasteiger partial charge in [0, 0.05) is 19.2 Å². The first kappa shape index (κ1) is 13.7. The van der Waals surface area contributed by atoms with Gasteiger partial charge in [0.25, 0.3) is 0 Å². The van der Waals surface area contributed by atoms with E-state index in [-0.39, 0.29) is 5.91 Å². The topological polar surface area (TPSA) is 41.1 Å². The molecule has 0 heterocycles. The predicted molar refractivity (Wildman–Crippen MR) is 71.9 cm³/mol. The molecule has 1 aromatic rings. The van der Waals surface area contributed by atoms with E-state index in [1.807, 2.05) is 18.2 Å². The van der Waals surface area contributed by atoms with Crippen molar-refractivity contribution >= 4 is 11.6 Å². The van der Waals surface area contributed by atoms with Gasteiger partial charge in [0.05, 0.1) is 0 Å². The second kappa shape index (κ2) is 7.07. The van der Waals surface area contributed by atoms with E-state index < -0.39 is 0 Å². The molecule has 3 heteroatoms. The Hall–Kier alpha value is -1.35. The summed E-state index contributed by atoms with van der Waals surface area (Å²) in [6.07, 6.45) is 1.19. The molecule has 0 aliphatic heterocycles. The van der Waals surface area contributed by atoms with E-state index in [1.165, 1.54) is 18.9 Å². The van der Waals surface area contributed by atoms with Crippen molar-refractivity contribution in [3.8, 4) is 0 Å². The van der Waals surface area contributed by atoms with Gasteiger partial charge in [0.1, 0.15) is 0 Å². The number of hydrogen-bond acceptors (Lipinski definition) is 2. The van der Waals surface area contributed by atoms with Crippen LogP contribution in [0.4, 0.5) is 5.69 Å². The number of benzene rings is 1. The largest absolute Gasteiger partial charge is 0.326 e. The summed E-state index contributed by atoms with van der Waals surface area (Å²) in [7, 11) is 0. The van der Waals surface area contributed by atoms with E-state index >= 15 is 0 Å². The summed E-state index contributed by atoms with van der Waals surface area (Å²) in [5.74, 6) is 0.697. The van der Waals surface area contributed by atoms with Crippen molar-refractivity contribution < 1.29 is 4.79 Å². The fourth-order valence-corrected chi connectivity index (χ4v) is 1.59. The maximum absolute atomic E-state index is 10.9. The molecule has 3 nitrogen and oxygen atoms in total. The second-order valence-electron chi connectivity index (χ2n) is 4.74. The molecule has 94 valence electrons. The van der Waals surface area contributed by atoms with Crippen molar-refractivity contribution in [2.75, 3.05) is 11.9 Å². The predicted octanol–water partition coefficient (Wildman–Crippen LogP) is 2.78. The Morgan fingerprint density at radius 2 is 2.12 bits per heavy atom. The van der Waals surface area contributed by atoms with Crippen molar-refractivity contribution in [2.45, 2.75) is 33.7 Å². The molecule has 0 aromatic heterocycles. The average Bonchev–Trinajstić information content (AvgIpc) is 2.24. The highest BCUT2D eigenvalue weighted by Gasteiger charge is 1.98. The number of rotatable bonds is 6. The van der Waals surface area contributed by atoms with Crippen LogP contribution in [-0.2, 0) is 11.3 Å². The fraction of sp³-hybridized carbons (Fsp3) is 0.500. The average molecular weight is 234 g/mol. The van der Waals surface area contributed by atoms with Crippen LogP contribution in [0.25, 0.3) is 0 Å². The quantitative estimate of drug-likeness (QED) is 0.743. The van der Waals surface area contributed by atoms with Gasteiger partial charge in [-0.25, -0.2) is 0 Å². The van der Waals surface area contributed by atoms with Crippen LogP contribution >= 0.6 is 0 Å². The highest BCUT2D eigenvalue weighted by atomic mass is 16.1. The lowest BCUT2D eigenvalue weighted by Crippen LogP contribution is -2.16. The van der Waals surface area contributed by atoms with Crippen LogP contribution in [0, 0.1) is 5.92 Å². The van der Waals surface area contributed by atoms with Gasteiger partial charge >= 0.3 is 0 Å². The minimum absolute atomic E-state index is 0.0325. The smallest absolute Gasteiger partial charge is 0.221 e. The molecule has 1 aromatic carbocycles. The lowest BCUT2D eigenvalue weighted by Gasteiger charge is -2.08. The van der Waals surface area contributed by atoms with Crippen molar-refractivity contribution in [3.63, 3.8) is 0 Å². The zero-order valence-electron chi connectivity index (χ0n) is 10.9. The molecule has 0 aliphatic carbocycles. The molecule has 0 radical (unpaired) electrons. The highest BCUT2D eigenvalue weighted by molar-refractivity contribution is 5.88. The molecule has 0 saturated heterocycles. The number of hydrogen-bond donors (Lipinski definition) is 2. The molecule has 0 bridgehead atoms. The summed E-state index contributed by atoms with van der Waals surface area (Å²) in [6, 6.07) is 7.93. The number of carbonyl (C=O) groups excluding carboxylic acids is 1. The summed E-state index contributed by atoms with van der Waals surface area (Å²) in [4.78, 5) is 10.9. The van der Waals surface area contributed by atoms with Crippen LogP contribution in [0.3, 0.4) is 0 Å². The van der Waals surface area contributed by atoms with E-state index in [2.05, 4.69) is 30.5 Å². The van der Waals surface area contributed by atoms with Crippen molar-refractivity contribution in [2.24, 2.45) is 5.92 Å². The fourth-order valence-electron chi connectivity index (χ4n) is 1.59. The molecule has 0 aliphatic rings. The van der Waals surface area contributed by atoms with E-state index in [4.69, 9.17) is 0 Å². The van der Waals surface area contributed by atoms with E-state index in [0.717, 1.165) is 24.7 Å². The summed E-state index contributed by atoms with van der Waals surface area (Å²) in [6.45, 7) is 7.84. The number of amides is 1. The van der Waals surface area contributed by atoms with Gasteiger partial charge in [-0.05, 0) is 36.6 Å². The lowest BCUT2D eigenvalue weighted by atomic mass is 10.1. The summed E-state index contributed by atoms with van der Waals surface area (Å²) in [5.41, 5.74) is 2.06. The highest BCUT2D eigenvalue weighted by Crippen LogP contribution is 2.10. The number of carbonyl (C=O) groups is 1. The minimum Gasteiger partial charge on any atom is -0.326 e. The Morgan fingerprint density at radius 3 is 2.76 bits per heavy atom. The van der Waals surface area contributed by atoms with Gasteiger partial charge in [-0.2, -0.15) is 0 Å². The molecule has 1 amide bonds. The van der Waals surface area contributed by atoms with Crippen LogP contribution in [-0.4, -0.2) is 12.5 Å². The Balaban J connectivity index is 2.40. The third-order valence-electron chi connectivity index (χ3n) is 2.47. The molecule has 0 fully saturated rings. The molecule has 0 unspecified atom stereocenters. The Kier molecular flexibility index (Phi) is 5.70. The van der Waals surface area contributed by atoms with Crippen molar-refractivity contribution in [1.29, 1.82) is 0 Å². The summed E-state index contributed by atoms with van der Waals surface area (Å²) in [5, 5.41) is 6.19. The molecular formula is C14H22N2O. The first-order chi connectivity index (χ1) is 8.08. The van der Waals surface area contributed by atoms with Gasteiger partial charge in [-0.15, -0.1) is 0 Å². The lowest BCUT2D eigenvalue weighted by molar-refractivity contribution is -0.114. The van der Waals surface area contributed by atoms with E-state index in [9.17, 15) is 4.79 Å². The van der Waals surface area contributed by atoms with Crippen LogP contribution in [0.2, 0.25) is 0 Å². The van der Waals surface area contributed by atoms with Gasteiger partial charge in [0.2, 0.25) is 5.91 Å². The molecule has 0 spiro atoms. The van der Waals surface area contributed by atoms with Gasteiger partial charge < -0.3 is 10.6 Å². The Bertz CT molecular complexity index is 361. The summed E-state index contributed by atoms with van der Waals surface area (Å²) >= 11 is 0. The second-order valence-corrected chi connectivity index (χ2v) is 4.74. The minimum atomic E-state index is -0.0325. The Labute approximate surface area is 104 Å². The van der Waals surface area contributed by atoms with Crippen molar-refractivity contribution in [3.05, 3.63) is 29.8 Å². The molecule has 0 saturated carbocycles. The van der Waals surface area contributed by atoms with Gasteiger partial charge in [-0.3, -0.25) is 4.79 Å². The van der Waals surface area contributed by atoms with Crippen LogP contribution in [0.15, 0.2) is 24.3 Å². The third-order valence-corrected chi connectivity index (χ3v) is 2.47. The maximum atomic E-state index is 10.9. The van der Waals surface area contributed by atoms with E-state index in [0.29, 0.717) is 0 Å². The number of anilines is 1. The standard InChI is InChI=1S/C14H22N2O/c1-11(2)7-8-15-10-13-5-4-6-14(9-13)16-12(3)17/h4-6,9,11,15H,7-8,10H2,1-3H3,(H,16,17). The van der Waals surface area contributed by atoms with Crippen molar-refractivity contribution in [1.82, 2.24) is 5.32 Å². The van der Waals surface area contributed by atoms with Crippen LogP contribution in [0.5, 0.6) is 0 Å². The molecule has 0 atom stereocenters. The van der Waals surface area contributed by atoms with Gasteiger partial charge in [-0.1, -0.05) is 26.0 Å². The van der Waals surface area contributed by atoms with Crippen LogP contribution < -0.4 is 10.6 Å². The maximum Gasteiger partial charge on any atom is 0.221 e. The zero-order valence-corrected chi connectivity index (χ0v) is 10.9. The molecule has 2 N–H and O–H groups in total. The SMILES string of the molecule is CC(=O)Nc1cccc(CNCCC(C)C)c1. The number of nitrogens with one attached hydrogen (secondary N) is 2. The summed E-state index contributed by atoms with van der Waals surface area (Å²) < 4.78 is 0. The first-order valence-electron chi connectivity index (χ1n) is 6.15. The third kappa shape index (κ3) is 6.07. The normalized spacial score (nSPS) is 10.6. The monoisotopic (exact) mass is 234 g/mol. The first-order valence-corrected chi connectivity index (χ1v) is 6.15. The van der Waals surface area contributed by atoms with E-state index in [1.54, 1.807) is 0 Å². The molecule has 17 heavy (non-hydrogen) atoms. The van der Waals surface area contributed by atoms with Gasteiger partial charge in [0.15, 0.2) is 0 Å². The van der Waals surface area contributed by atoms with Crippen LogP contribution in [0.1, 0.15) is 32.8 Å². The molecule has 1 rings (SSSR count). The zero-order chi connectivity index (χ0) is 12.7.